The molecule has 1 aromatic heterocycles. The third-order valence-electron chi connectivity index (χ3n) is 2.98. The number of halogens is 2. The summed E-state index contributed by atoms with van der Waals surface area (Å²) in [5, 5.41) is 11.6. The zero-order chi connectivity index (χ0) is 15.7. The zero-order valence-corrected chi connectivity index (χ0v) is 12.0. The lowest BCUT2D eigenvalue weighted by Crippen LogP contribution is -2.23. The highest BCUT2D eigenvalue weighted by Gasteiger charge is 2.18. The Morgan fingerprint density at radius 2 is 2.05 bits per heavy atom. The van der Waals surface area contributed by atoms with E-state index in [1.54, 1.807) is 13.0 Å². The van der Waals surface area contributed by atoms with Crippen LogP contribution in [0.3, 0.4) is 0 Å². The number of carboxylic acid groups (broad SMARTS) is 1. The van der Waals surface area contributed by atoms with Gasteiger partial charge in [0.25, 0.3) is 5.56 Å². The number of pyridine rings is 1. The standard InChI is InChI=1S/C14H12ClFN2O3/c1-7-3-4-11(10(16)5-7)17-12-8(14(20)21)6-9(15)13(19)18(12)2/h3-6,17H,1-2H3,(H,20,21). The predicted octanol–water partition coefficient (Wildman–Crippen LogP) is 2.93. The summed E-state index contributed by atoms with van der Waals surface area (Å²) in [5.41, 5.74) is 0.000636. The average Bonchev–Trinajstić information content (AvgIpc) is 2.41. The average molecular weight is 311 g/mol. The summed E-state index contributed by atoms with van der Waals surface area (Å²) in [6, 6.07) is 5.48. The third kappa shape index (κ3) is 2.90. The van der Waals surface area contributed by atoms with Crippen LogP contribution < -0.4 is 10.9 Å². The molecule has 0 atom stereocenters. The van der Waals surface area contributed by atoms with Gasteiger partial charge in [0.1, 0.15) is 22.2 Å². The fourth-order valence-electron chi connectivity index (χ4n) is 1.86. The highest BCUT2D eigenvalue weighted by Crippen LogP contribution is 2.24. The minimum Gasteiger partial charge on any atom is -0.478 e. The van der Waals surface area contributed by atoms with Gasteiger partial charge in [-0.2, -0.15) is 0 Å². The largest absolute Gasteiger partial charge is 0.478 e. The number of carbonyl (C=O) groups is 1. The molecular weight excluding hydrogens is 299 g/mol. The molecule has 0 fully saturated rings. The smallest absolute Gasteiger partial charge is 0.339 e. The van der Waals surface area contributed by atoms with E-state index in [1.807, 2.05) is 0 Å². The molecule has 1 heterocycles. The number of anilines is 2. The molecule has 0 spiro atoms. The van der Waals surface area contributed by atoms with Crippen LogP contribution in [-0.2, 0) is 7.05 Å². The van der Waals surface area contributed by atoms with Gasteiger partial charge in [-0.1, -0.05) is 17.7 Å². The van der Waals surface area contributed by atoms with Crippen LogP contribution in [0.1, 0.15) is 15.9 Å². The monoisotopic (exact) mass is 310 g/mol. The van der Waals surface area contributed by atoms with Gasteiger partial charge in [0.05, 0.1) is 5.69 Å². The molecule has 0 radical (unpaired) electrons. The topological polar surface area (TPSA) is 71.3 Å². The van der Waals surface area contributed by atoms with Crippen LogP contribution in [0.5, 0.6) is 0 Å². The Morgan fingerprint density at radius 1 is 1.38 bits per heavy atom. The molecule has 0 amide bonds. The van der Waals surface area contributed by atoms with E-state index < -0.39 is 17.3 Å². The van der Waals surface area contributed by atoms with Crippen molar-refractivity contribution in [2.45, 2.75) is 6.92 Å². The van der Waals surface area contributed by atoms with Crippen molar-refractivity contribution < 1.29 is 14.3 Å². The molecule has 2 aromatic rings. The number of aromatic carboxylic acids is 1. The van der Waals surface area contributed by atoms with Crippen LogP contribution in [0.15, 0.2) is 29.1 Å². The summed E-state index contributed by atoms with van der Waals surface area (Å²) in [4.78, 5) is 23.1. The first-order valence-corrected chi connectivity index (χ1v) is 6.35. The van der Waals surface area contributed by atoms with E-state index in [0.29, 0.717) is 0 Å². The molecule has 7 heteroatoms. The van der Waals surface area contributed by atoms with Crippen LogP contribution in [-0.4, -0.2) is 15.6 Å². The fraction of sp³-hybridized carbons (Fsp3) is 0.143. The van der Waals surface area contributed by atoms with Gasteiger partial charge in [-0.05, 0) is 30.7 Å². The molecule has 5 nitrogen and oxygen atoms in total. The van der Waals surface area contributed by atoms with Crippen molar-refractivity contribution >= 4 is 29.1 Å². The van der Waals surface area contributed by atoms with Crippen molar-refractivity contribution in [1.29, 1.82) is 0 Å². The Bertz CT molecular complexity index is 787. The van der Waals surface area contributed by atoms with Crippen molar-refractivity contribution in [3.8, 4) is 0 Å². The van der Waals surface area contributed by atoms with E-state index >= 15 is 0 Å². The number of carboxylic acids is 1. The number of hydrogen-bond acceptors (Lipinski definition) is 3. The molecule has 2 N–H and O–H groups in total. The van der Waals surface area contributed by atoms with Crippen LogP contribution >= 0.6 is 11.6 Å². The lowest BCUT2D eigenvalue weighted by atomic mass is 10.2. The van der Waals surface area contributed by atoms with Gasteiger partial charge in [0.2, 0.25) is 0 Å². The van der Waals surface area contributed by atoms with Crippen molar-refractivity contribution in [3.05, 3.63) is 56.6 Å². The number of rotatable bonds is 3. The maximum absolute atomic E-state index is 13.9. The molecule has 110 valence electrons. The quantitative estimate of drug-likeness (QED) is 0.914. The van der Waals surface area contributed by atoms with Gasteiger partial charge in [0, 0.05) is 7.05 Å². The number of benzene rings is 1. The molecule has 0 aliphatic heterocycles. The van der Waals surface area contributed by atoms with Crippen LogP contribution in [0.25, 0.3) is 0 Å². The normalized spacial score (nSPS) is 10.5. The molecule has 0 aliphatic carbocycles. The molecule has 2 rings (SSSR count). The third-order valence-corrected chi connectivity index (χ3v) is 3.25. The van der Waals surface area contributed by atoms with E-state index in [2.05, 4.69) is 5.32 Å². The minimum absolute atomic E-state index is 0.0420. The molecule has 0 saturated carbocycles. The Balaban J connectivity index is 2.60. The lowest BCUT2D eigenvalue weighted by molar-refractivity contribution is 0.0697. The SMILES string of the molecule is Cc1ccc(Nc2c(C(=O)O)cc(Cl)c(=O)n2C)c(F)c1. The Hall–Kier alpha value is -2.34. The number of aromatic nitrogens is 1. The first-order valence-electron chi connectivity index (χ1n) is 5.97. The first-order chi connectivity index (χ1) is 9.81. The van der Waals surface area contributed by atoms with Crippen molar-refractivity contribution in [1.82, 2.24) is 4.57 Å². The fourth-order valence-corrected chi connectivity index (χ4v) is 2.10. The molecule has 0 saturated heterocycles. The van der Waals surface area contributed by atoms with Crippen molar-refractivity contribution in [2.75, 3.05) is 5.32 Å². The summed E-state index contributed by atoms with van der Waals surface area (Å²) in [5.74, 6) is -1.86. The highest BCUT2D eigenvalue weighted by molar-refractivity contribution is 6.30. The Kier molecular flexibility index (Phi) is 3.99. The molecule has 0 aliphatic rings. The van der Waals surface area contributed by atoms with Crippen LogP contribution in [0, 0.1) is 12.7 Å². The highest BCUT2D eigenvalue weighted by atomic mass is 35.5. The summed E-state index contributed by atoms with van der Waals surface area (Å²) < 4.78 is 14.9. The minimum atomic E-state index is -1.28. The first kappa shape index (κ1) is 15.1. The van der Waals surface area contributed by atoms with E-state index in [-0.39, 0.29) is 22.1 Å². The number of aryl methyl sites for hydroxylation is 1. The van der Waals surface area contributed by atoms with Gasteiger partial charge >= 0.3 is 5.97 Å². The van der Waals surface area contributed by atoms with Crippen LogP contribution in [0.4, 0.5) is 15.9 Å². The summed E-state index contributed by atoms with van der Waals surface area (Å²) in [7, 11) is 1.36. The van der Waals surface area contributed by atoms with Crippen LogP contribution in [0.2, 0.25) is 5.02 Å². The number of nitrogens with one attached hydrogen (secondary N) is 1. The van der Waals surface area contributed by atoms with Crippen molar-refractivity contribution in [3.63, 3.8) is 0 Å². The molecular formula is C14H12ClFN2O3. The summed E-state index contributed by atoms with van der Waals surface area (Å²) in [6.07, 6.45) is 0. The summed E-state index contributed by atoms with van der Waals surface area (Å²) >= 11 is 5.69. The van der Waals surface area contributed by atoms with E-state index in [9.17, 15) is 19.1 Å². The van der Waals surface area contributed by atoms with E-state index in [4.69, 9.17) is 11.6 Å². The molecule has 0 bridgehead atoms. The molecule has 0 unspecified atom stereocenters. The van der Waals surface area contributed by atoms with Gasteiger partial charge in [0.15, 0.2) is 0 Å². The second-order valence-electron chi connectivity index (χ2n) is 4.53. The summed E-state index contributed by atoms with van der Waals surface area (Å²) in [6.45, 7) is 1.73. The Morgan fingerprint density at radius 3 is 2.62 bits per heavy atom. The predicted molar refractivity (Wildman–Crippen MR) is 78.1 cm³/mol. The van der Waals surface area contributed by atoms with Gasteiger partial charge < -0.3 is 10.4 Å². The Labute approximate surface area is 124 Å². The number of hydrogen-bond donors (Lipinski definition) is 2. The lowest BCUT2D eigenvalue weighted by Gasteiger charge is -2.15. The van der Waals surface area contributed by atoms with Gasteiger partial charge in [-0.15, -0.1) is 0 Å². The maximum atomic E-state index is 13.9. The maximum Gasteiger partial charge on any atom is 0.339 e. The number of nitrogens with zero attached hydrogens (tertiary/aromatic N) is 1. The van der Waals surface area contributed by atoms with E-state index in [1.165, 1.54) is 19.2 Å². The molecule has 1 aromatic carbocycles. The molecule has 21 heavy (non-hydrogen) atoms. The van der Waals surface area contributed by atoms with Crippen molar-refractivity contribution in [2.24, 2.45) is 7.05 Å². The zero-order valence-electron chi connectivity index (χ0n) is 11.3. The van der Waals surface area contributed by atoms with Gasteiger partial charge in [-0.25, -0.2) is 9.18 Å². The van der Waals surface area contributed by atoms with Gasteiger partial charge in [-0.3, -0.25) is 9.36 Å². The second-order valence-corrected chi connectivity index (χ2v) is 4.94. The second kappa shape index (κ2) is 5.57. The van der Waals surface area contributed by atoms with E-state index in [0.717, 1.165) is 16.2 Å².